The van der Waals surface area contributed by atoms with E-state index in [9.17, 15) is 5.26 Å². The van der Waals surface area contributed by atoms with Crippen LogP contribution in [-0.2, 0) is 0 Å². The molecular weight excluding hydrogens is 380 g/mol. The summed E-state index contributed by atoms with van der Waals surface area (Å²) in [6.45, 7) is 7.89. The Bertz CT molecular complexity index is 1180. The van der Waals surface area contributed by atoms with E-state index in [0.717, 1.165) is 59.8 Å². The molecule has 2 N–H and O–H groups in total. The summed E-state index contributed by atoms with van der Waals surface area (Å²) in [5, 5.41) is 12.6. The minimum Gasteiger partial charge on any atom is -0.338 e. The highest BCUT2D eigenvalue weighted by Crippen LogP contribution is 2.32. The van der Waals surface area contributed by atoms with Gasteiger partial charge in [-0.3, -0.25) is 0 Å². The number of piperidine rings is 1. The van der Waals surface area contributed by atoms with Crippen molar-refractivity contribution in [2.45, 2.75) is 19.8 Å². The summed E-state index contributed by atoms with van der Waals surface area (Å²) >= 11 is 0. The fourth-order valence-corrected chi connectivity index (χ4v) is 4.05. The highest BCUT2D eigenvalue weighted by atomic mass is 14.9. The molecule has 1 saturated heterocycles. The van der Waals surface area contributed by atoms with Crippen LogP contribution in [0.25, 0.3) is 28.9 Å². The Morgan fingerprint density at radius 2 is 1.87 bits per heavy atom. The summed E-state index contributed by atoms with van der Waals surface area (Å²) in [5.41, 5.74) is 8.39. The molecule has 0 spiro atoms. The summed E-state index contributed by atoms with van der Waals surface area (Å²) in [6, 6.07) is 18.5. The second-order valence-corrected chi connectivity index (χ2v) is 7.59. The van der Waals surface area contributed by atoms with E-state index < -0.39 is 0 Å². The van der Waals surface area contributed by atoms with Gasteiger partial charge in [-0.25, -0.2) is 4.98 Å². The number of hydrogen-bond donors (Lipinski definition) is 2. The van der Waals surface area contributed by atoms with Crippen LogP contribution in [0.5, 0.6) is 0 Å². The van der Waals surface area contributed by atoms with Gasteiger partial charge in [0.1, 0.15) is 5.82 Å². The first-order valence-electron chi connectivity index (χ1n) is 10.6. The third-order valence-corrected chi connectivity index (χ3v) is 5.58. The van der Waals surface area contributed by atoms with Crippen LogP contribution < -0.4 is 5.32 Å². The molecule has 31 heavy (non-hydrogen) atoms. The van der Waals surface area contributed by atoms with Crippen molar-refractivity contribution >= 4 is 17.7 Å². The standard InChI is InChI=1S/C27H26N4/c1-3-6-25-24(4-2)30-27(31-25)26(22-13-15-29-16-14-22)21-11-9-20(10-12-21)23-8-5-7-19(17-23)18-28/h3-12,17,29H,2,13-16H2,1H3,(H,30,31)/b6-3-. The average Bonchev–Trinajstić information content (AvgIpc) is 3.23. The number of rotatable bonds is 5. The average molecular weight is 407 g/mol. The smallest absolute Gasteiger partial charge is 0.139 e. The first-order chi connectivity index (χ1) is 15.2. The van der Waals surface area contributed by atoms with Gasteiger partial charge in [0.2, 0.25) is 0 Å². The SMILES string of the molecule is C=Cc1nc(C(=C2CCNCC2)c2ccc(-c3cccc(C#N)c3)cc2)[nH]c1/C=C\C. The van der Waals surface area contributed by atoms with Gasteiger partial charge in [0, 0.05) is 5.57 Å². The monoisotopic (exact) mass is 406 g/mol. The van der Waals surface area contributed by atoms with Crippen LogP contribution in [0.3, 0.4) is 0 Å². The maximum atomic E-state index is 9.20. The fourth-order valence-electron chi connectivity index (χ4n) is 4.05. The highest BCUT2D eigenvalue weighted by molar-refractivity contribution is 5.81. The second-order valence-electron chi connectivity index (χ2n) is 7.59. The number of imidazole rings is 1. The molecule has 3 aromatic rings. The van der Waals surface area contributed by atoms with E-state index >= 15 is 0 Å². The Hall–Kier alpha value is -3.68. The van der Waals surface area contributed by atoms with Crippen molar-refractivity contribution in [3.05, 3.63) is 95.1 Å². The number of aromatic nitrogens is 2. The Balaban J connectivity index is 1.78. The van der Waals surface area contributed by atoms with Gasteiger partial charge in [0.05, 0.1) is 23.0 Å². The zero-order chi connectivity index (χ0) is 21.6. The number of hydrogen-bond acceptors (Lipinski definition) is 3. The number of nitrogens with one attached hydrogen (secondary N) is 2. The summed E-state index contributed by atoms with van der Waals surface area (Å²) in [5.74, 6) is 0.888. The van der Waals surface area contributed by atoms with Gasteiger partial charge in [0.15, 0.2) is 0 Å². The van der Waals surface area contributed by atoms with Crippen LogP contribution in [0.2, 0.25) is 0 Å². The van der Waals surface area contributed by atoms with Crippen LogP contribution in [0.15, 0.2) is 66.8 Å². The summed E-state index contributed by atoms with van der Waals surface area (Å²) in [4.78, 5) is 8.37. The van der Waals surface area contributed by atoms with E-state index in [1.54, 1.807) is 6.08 Å². The number of aromatic amines is 1. The number of nitriles is 1. The van der Waals surface area contributed by atoms with Gasteiger partial charge in [-0.1, -0.05) is 54.6 Å². The number of allylic oxidation sites excluding steroid dienone is 1. The zero-order valence-electron chi connectivity index (χ0n) is 17.8. The molecule has 1 aliphatic rings. The number of nitrogens with zero attached hydrogens (tertiary/aromatic N) is 2. The van der Waals surface area contributed by atoms with Crippen molar-refractivity contribution in [1.82, 2.24) is 15.3 Å². The third-order valence-electron chi connectivity index (χ3n) is 5.58. The topological polar surface area (TPSA) is 64.5 Å². The van der Waals surface area contributed by atoms with E-state index in [4.69, 9.17) is 4.98 Å². The molecule has 2 aromatic carbocycles. The molecule has 1 aliphatic heterocycles. The Morgan fingerprint density at radius 1 is 1.10 bits per heavy atom. The predicted octanol–water partition coefficient (Wildman–Crippen LogP) is 5.81. The van der Waals surface area contributed by atoms with E-state index in [2.05, 4.69) is 47.2 Å². The van der Waals surface area contributed by atoms with E-state index in [0.29, 0.717) is 5.56 Å². The Labute approximate surface area is 183 Å². The fraction of sp³-hybridized carbons (Fsp3) is 0.185. The molecule has 2 heterocycles. The van der Waals surface area contributed by atoms with Gasteiger partial charge >= 0.3 is 0 Å². The first-order valence-corrected chi connectivity index (χ1v) is 10.6. The lowest BCUT2D eigenvalue weighted by Crippen LogP contribution is -2.24. The van der Waals surface area contributed by atoms with Crippen molar-refractivity contribution in [1.29, 1.82) is 5.26 Å². The van der Waals surface area contributed by atoms with Crippen LogP contribution in [0, 0.1) is 11.3 Å². The Kier molecular flexibility index (Phi) is 6.26. The van der Waals surface area contributed by atoms with Crippen LogP contribution in [0.1, 0.15) is 48.1 Å². The quantitative estimate of drug-likeness (QED) is 0.562. The van der Waals surface area contributed by atoms with Crippen LogP contribution in [-0.4, -0.2) is 23.1 Å². The van der Waals surface area contributed by atoms with Crippen LogP contribution >= 0.6 is 0 Å². The van der Waals surface area contributed by atoms with Crippen LogP contribution in [0.4, 0.5) is 0 Å². The molecule has 154 valence electrons. The summed E-state index contributed by atoms with van der Waals surface area (Å²) in [6.07, 6.45) is 7.84. The van der Waals surface area contributed by atoms with Gasteiger partial charge in [-0.15, -0.1) is 0 Å². The minimum absolute atomic E-state index is 0.670. The molecule has 4 rings (SSSR count). The molecule has 4 nitrogen and oxygen atoms in total. The van der Waals surface area contributed by atoms with Crippen molar-refractivity contribution in [3.63, 3.8) is 0 Å². The predicted molar refractivity (Wildman–Crippen MR) is 128 cm³/mol. The molecule has 4 heteroatoms. The minimum atomic E-state index is 0.670. The highest BCUT2D eigenvalue weighted by Gasteiger charge is 2.18. The lowest BCUT2D eigenvalue weighted by atomic mass is 9.92. The molecule has 0 bridgehead atoms. The third kappa shape index (κ3) is 4.42. The number of H-pyrrole nitrogens is 1. The lowest BCUT2D eigenvalue weighted by Gasteiger charge is -2.20. The van der Waals surface area contributed by atoms with Gasteiger partial charge < -0.3 is 10.3 Å². The van der Waals surface area contributed by atoms with Crippen molar-refractivity contribution < 1.29 is 0 Å². The van der Waals surface area contributed by atoms with E-state index in [1.165, 1.54) is 11.1 Å². The van der Waals surface area contributed by atoms with Crippen molar-refractivity contribution in [2.24, 2.45) is 0 Å². The molecular formula is C27H26N4. The first kappa shape index (κ1) is 20.6. The molecule has 0 atom stereocenters. The lowest BCUT2D eigenvalue weighted by molar-refractivity contribution is 0.611. The molecule has 0 saturated carbocycles. The molecule has 0 unspecified atom stereocenters. The number of benzene rings is 2. The molecule has 1 aromatic heterocycles. The maximum absolute atomic E-state index is 9.20. The normalized spacial score (nSPS) is 13.9. The van der Waals surface area contributed by atoms with Crippen molar-refractivity contribution in [3.8, 4) is 17.2 Å². The maximum Gasteiger partial charge on any atom is 0.139 e. The largest absolute Gasteiger partial charge is 0.338 e. The molecule has 0 amide bonds. The zero-order valence-corrected chi connectivity index (χ0v) is 17.8. The molecule has 0 aliphatic carbocycles. The Morgan fingerprint density at radius 3 is 2.55 bits per heavy atom. The van der Waals surface area contributed by atoms with E-state index in [1.807, 2.05) is 43.3 Å². The molecule has 0 radical (unpaired) electrons. The molecule has 1 fully saturated rings. The van der Waals surface area contributed by atoms with Gasteiger partial charge in [0.25, 0.3) is 0 Å². The van der Waals surface area contributed by atoms with Crippen molar-refractivity contribution in [2.75, 3.05) is 13.1 Å². The van der Waals surface area contributed by atoms with Gasteiger partial charge in [-0.05, 0) is 73.8 Å². The second kappa shape index (κ2) is 9.42. The summed E-state index contributed by atoms with van der Waals surface area (Å²) in [7, 11) is 0. The van der Waals surface area contributed by atoms with Gasteiger partial charge in [-0.2, -0.15) is 5.26 Å². The van der Waals surface area contributed by atoms with E-state index in [-0.39, 0.29) is 0 Å². The summed E-state index contributed by atoms with van der Waals surface area (Å²) < 4.78 is 0.